The Morgan fingerprint density at radius 3 is 2.29 bits per heavy atom. The third-order valence-corrected chi connectivity index (χ3v) is 3.44. The molecule has 0 aliphatic heterocycles. The van der Waals surface area contributed by atoms with Crippen molar-refractivity contribution >= 4 is 5.91 Å². The predicted molar refractivity (Wildman–Crippen MR) is 70.9 cm³/mol. The molecule has 0 saturated heterocycles. The molecule has 0 unspecified atom stereocenters. The van der Waals surface area contributed by atoms with Gasteiger partial charge in [0.25, 0.3) is 0 Å². The lowest BCUT2D eigenvalue weighted by Crippen LogP contribution is -2.38. The minimum atomic E-state index is -0.0279. The van der Waals surface area contributed by atoms with Crippen molar-refractivity contribution in [2.75, 3.05) is 26.2 Å². The van der Waals surface area contributed by atoms with E-state index in [0.29, 0.717) is 13.0 Å². The van der Waals surface area contributed by atoms with Crippen LogP contribution in [0.3, 0.4) is 0 Å². The molecule has 0 radical (unpaired) electrons. The third kappa shape index (κ3) is 6.64. The number of hydrogen-bond donors (Lipinski definition) is 3. The second kappa shape index (κ2) is 9.42. The van der Waals surface area contributed by atoms with E-state index >= 15 is 0 Å². The van der Waals surface area contributed by atoms with Gasteiger partial charge in [-0.15, -0.1) is 0 Å². The predicted octanol–water partition coefficient (Wildman–Crippen LogP) is 1.29. The Kier molecular flexibility index (Phi) is 9.09. The molecule has 0 aromatic carbocycles. The van der Waals surface area contributed by atoms with Crippen LogP contribution in [0.2, 0.25) is 0 Å². The summed E-state index contributed by atoms with van der Waals surface area (Å²) in [6.07, 6.45) is 3.39. The fourth-order valence-corrected chi connectivity index (χ4v) is 1.69. The summed E-state index contributed by atoms with van der Waals surface area (Å²) in [7, 11) is 0. The normalized spacial score (nSPS) is 11.5. The molecular formula is C13H28N2O2. The molecule has 0 fully saturated rings. The molecule has 0 aliphatic carbocycles. The highest BCUT2D eigenvalue weighted by atomic mass is 16.3. The Labute approximate surface area is 105 Å². The smallest absolute Gasteiger partial charge is 0.221 e. The standard InChI is InChI=1S/C13H28N2O2/c1-4-8-15-12(17)7-9-14-10-13(5-2,6-3)11-16/h14,16H,4-11H2,1-3H3,(H,15,17). The number of hydrogen-bond acceptors (Lipinski definition) is 3. The second-order valence-electron chi connectivity index (χ2n) is 4.64. The first-order valence-electron chi connectivity index (χ1n) is 6.72. The summed E-state index contributed by atoms with van der Waals surface area (Å²) in [6.45, 7) is 8.63. The van der Waals surface area contributed by atoms with Gasteiger partial charge in [0.05, 0.1) is 0 Å². The van der Waals surface area contributed by atoms with E-state index < -0.39 is 0 Å². The van der Waals surface area contributed by atoms with E-state index in [-0.39, 0.29) is 17.9 Å². The first-order chi connectivity index (χ1) is 8.14. The van der Waals surface area contributed by atoms with Gasteiger partial charge < -0.3 is 15.7 Å². The van der Waals surface area contributed by atoms with E-state index in [1.165, 1.54) is 0 Å². The second-order valence-corrected chi connectivity index (χ2v) is 4.64. The molecule has 0 saturated carbocycles. The molecule has 4 nitrogen and oxygen atoms in total. The molecular weight excluding hydrogens is 216 g/mol. The number of rotatable bonds is 10. The van der Waals surface area contributed by atoms with Crippen LogP contribution in [0.1, 0.15) is 46.5 Å². The zero-order valence-electron chi connectivity index (χ0n) is 11.5. The van der Waals surface area contributed by atoms with E-state index in [4.69, 9.17) is 0 Å². The average molecular weight is 244 g/mol. The molecule has 3 N–H and O–H groups in total. The van der Waals surface area contributed by atoms with E-state index in [1.807, 2.05) is 6.92 Å². The van der Waals surface area contributed by atoms with Crippen molar-refractivity contribution in [3.8, 4) is 0 Å². The first kappa shape index (κ1) is 16.4. The lowest BCUT2D eigenvalue weighted by atomic mass is 9.83. The molecule has 0 atom stereocenters. The molecule has 0 aromatic rings. The lowest BCUT2D eigenvalue weighted by molar-refractivity contribution is -0.121. The molecule has 102 valence electrons. The van der Waals surface area contributed by atoms with Gasteiger partial charge in [-0.25, -0.2) is 0 Å². The SMILES string of the molecule is CCCNC(=O)CCNCC(CC)(CC)CO. The number of amides is 1. The van der Waals surface area contributed by atoms with Crippen molar-refractivity contribution < 1.29 is 9.90 Å². The highest BCUT2D eigenvalue weighted by molar-refractivity contribution is 5.75. The summed E-state index contributed by atoms with van der Waals surface area (Å²) in [5.41, 5.74) is -0.0279. The Hall–Kier alpha value is -0.610. The number of aliphatic hydroxyl groups excluding tert-OH is 1. The molecule has 0 rings (SSSR count). The molecule has 17 heavy (non-hydrogen) atoms. The van der Waals surface area contributed by atoms with Crippen LogP contribution >= 0.6 is 0 Å². The number of carbonyl (C=O) groups excluding carboxylic acids is 1. The Balaban J connectivity index is 3.71. The van der Waals surface area contributed by atoms with Crippen LogP contribution in [-0.2, 0) is 4.79 Å². The van der Waals surface area contributed by atoms with Gasteiger partial charge in [-0.05, 0) is 19.3 Å². The van der Waals surface area contributed by atoms with Crippen molar-refractivity contribution in [2.45, 2.75) is 46.5 Å². The van der Waals surface area contributed by atoms with E-state index in [9.17, 15) is 9.90 Å². The Morgan fingerprint density at radius 2 is 1.82 bits per heavy atom. The molecule has 0 bridgehead atoms. The molecule has 4 heteroatoms. The van der Waals surface area contributed by atoms with Gasteiger partial charge in [0.1, 0.15) is 0 Å². The van der Waals surface area contributed by atoms with Gasteiger partial charge >= 0.3 is 0 Å². The van der Waals surface area contributed by atoms with Gasteiger partial charge in [-0.2, -0.15) is 0 Å². The molecule has 0 aliphatic rings. The van der Waals surface area contributed by atoms with Crippen molar-refractivity contribution in [1.82, 2.24) is 10.6 Å². The van der Waals surface area contributed by atoms with Crippen LogP contribution in [0, 0.1) is 5.41 Å². The summed E-state index contributed by atoms with van der Waals surface area (Å²) < 4.78 is 0. The van der Waals surface area contributed by atoms with E-state index in [1.54, 1.807) is 0 Å². The van der Waals surface area contributed by atoms with Crippen LogP contribution in [0.5, 0.6) is 0 Å². The third-order valence-electron chi connectivity index (χ3n) is 3.44. The van der Waals surface area contributed by atoms with Crippen LogP contribution in [0.25, 0.3) is 0 Å². The molecule has 0 heterocycles. The van der Waals surface area contributed by atoms with Gasteiger partial charge in [0.2, 0.25) is 5.91 Å². The highest BCUT2D eigenvalue weighted by Gasteiger charge is 2.24. The topological polar surface area (TPSA) is 61.4 Å². The van der Waals surface area contributed by atoms with Crippen LogP contribution < -0.4 is 10.6 Å². The van der Waals surface area contributed by atoms with Crippen molar-refractivity contribution in [3.63, 3.8) is 0 Å². The first-order valence-corrected chi connectivity index (χ1v) is 6.72. The fraction of sp³-hybridized carbons (Fsp3) is 0.923. The minimum absolute atomic E-state index is 0.0279. The van der Waals surface area contributed by atoms with Crippen LogP contribution in [0.15, 0.2) is 0 Å². The maximum Gasteiger partial charge on any atom is 0.221 e. The Bertz CT molecular complexity index is 195. The summed E-state index contributed by atoms with van der Waals surface area (Å²) in [4.78, 5) is 11.3. The highest BCUT2D eigenvalue weighted by Crippen LogP contribution is 2.24. The lowest BCUT2D eigenvalue weighted by Gasteiger charge is -2.29. The monoisotopic (exact) mass is 244 g/mol. The zero-order chi connectivity index (χ0) is 13.1. The molecule has 1 amide bonds. The van der Waals surface area contributed by atoms with Gasteiger partial charge in [-0.1, -0.05) is 20.8 Å². The van der Waals surface area contributed by atoms with Gasteiger partial charge in [0.15, 0.2) is 0 Å². The molecule has 0 spiro atoms. The molecule has 0 aromatic heterocycles. The maximum absolute atomic E-state index is 11.3. The van der Waals surface area contributed by atoms with Crippen molar-refractivity contribution in [3.05, 3.63) is 0 Å². The van der Waals surface area contributed by atoms with E-state index in [2.05, 4.69) is 24.5 Å². The Morgan fingerprint density at radius 1 is 1.18 bits per heavy atom. The fourth-order valence-electron chi connectivity index (χ4n) is 1.69. The van der Waals surface area contributed by atoms with Crippen LogP contribution in [0.4, 0.5) is 0 Å². The van der Waals surface area contributed by atoms with Crippen molar-refractivity contribution in [1.29, 1.82) is 0 Å². The number of aliphatic hydroxyl groups is 1. The van der Waals surface area contributed by atoms with Gasteiger partial charge in [0, 0.05) is 38.1 Å². The summed E-state index contributed by atoms with van der Waals surface area (Å²) in [5.74, 6) is 0.0990. The summed E-state index contributed by atoms with van der Waals surface area (Å²) in [5, 5.41) is 15.5. The average Bonchev–Trinajstić information content (AvgIpc) is 2.37. The maximum atomic E-state index is 11.3. The summed E-state index contributed by atoms with van der Waals surface area (Å²) in [6, 6.07) is 0. The zero-order valence-corrected chi connectivity index (χ0v) is 11.5. The quantitative estimate of drug-likeness (QED) is 0.508. The summed E-state index contributed by atoms with van der Waals surface area (Å²) >= 11 is 0. The minimum Gasteiger partial charge on any atom is -0.396 e. The largest absolute Gasteiger partial charge is 0.396 e. The number of carbonyl (C=O) groups is 1. The van der Waals surface area contributed by atoms with Crippen LogP contribution in [-0.4, -0.2) is 37.3 Å². The number of nitrogens with one attached hydrogen (secondary N) is 2. The van der Waals surface area contributed by atoms with E-state index in [0.717, 1.165) is 32.4 Å². The van der Waals surface area contributed by atoms with Crippen molar-refractivity contribution in [2.24, 2.45) is 5.41 Å². The van der Waals surface area contributed by atoms with Gasteiger partial charge in [-0.3, -0.25) is 4.79 Å².